The van der Waals surface area contributed by atoms with E-state index < -0.39 is 0 Å². The number of ketones is 1. The number of carbonyl (C=O) groups excluding carboxylic acids is 1. The van der Waals surface area contributed by atoms with Gasteiger partial charge in [0.25, 0.3) is 0 Å². The first-order chi connectivity index (χ1) is 5.65. The SMILES string of the molecule is CCC(=O)C1CC(C)C=CC1C. The van der Waals surface area contributed by atoms with Crippen LogP contribution in [0.25, 0.3) is 0 Å². The van der Waals surface area contributed by atoms with E-state index in [1.165, 1.54) is 0 Å². The van der Waals surface area contributed by atoms with Gasteiger partial charge >= 0.3 is 0 Å². The van der Waals surface area contributed by atoms with Gasteiger partial charge in [-0.05, 0) is 18.3 Å². The largest absolute Gasteiger partial charge is 0.299 e. The number of allylic oxidation sites excluding steroid dienone is 2. The molecular weight excluding hydrogens is 148 g/mol. The highest BCUT2D eigenvalue weighted by molar-refractivity contribution is 5.81. The quantitative estimate of drug-likeness (QED) is 0.576. The summed E-state index contributed by atoms with van der Waals surface area (Å²) in [5, 5.41) is 0. The molecule has 0 saturated heterocycles. The first-order valence-corrected chi connectivity index (χ1v) is 4.86. The van der Waals surface area contributed by atoms with E-state index in [2.05, 4.69) is 26.0 Å². The van der Waals surface area contributed by atoms with Crippen LogP contribution in [-0.4, -0.2) is 5.78 Å². The molecule has 0 aromatic heterocycles. The van der Waals surface area contributed by atoms with E-state index in [9.17, 15) is 4.79 Å². The molecule has 0 N–H and O–H groups in total. The third-order valence-corrected chi connectivity index (χ3v) is 2.77. The zero-order valence-electron chi connectivity index (χ0n) is 8.21. The smallest absolute Gasteiger partial charge is 0.136 e. The number of Topliss-reactive ketones (excluding diaryl/α,β-unsaturated/α-hetero) is 1. The van der Waals surface area contributed by atoms with E-state index in [4.69, 9.17) is 0 Å². The summed E-state index contributed by atoms with van der Waals surface area (Å²) in [6.07, 6.45) is 6.15. The van der Waals surface area contributed by atoms with Crippen LogP contribution >= 0.6 is 0 Å². The molecule has 0 bridgehead atoms. The van der Waals surface area contributed by atoms with Crippen LogP contribution in [0.3, 0.4) is 0 Å². The molecule has 1 aliphatic carbocycles. The van der Waals surface area contributed by atoms with Crippen LogP contribution < -0.4 is 0 Å². The van der Waals surface area contributed by atoms with Crippen molar-refractivity contribution in [3.05, 3.63) is 12.2 Å². The standard InChI is InChI=1S/C11H18O/c1-4-11(12)10-7-8(2)5-6-9(10)3/h5-6,8-10H,4,7H2,1-3H3. The number of hydrogen-bond donors (Lipinski definition) is 0. The molecule has 0 amide bonds. The van der Waals surface area contributed by atoms with Gasteiger partial charge in [-0.3, -0.25) is 4.79 Å². The summed E-state index contributed by atoms with van der Waals surface area (Å²) in [6.45, 7) is 6.27. The highest BCUT2D eigenvalue weighted by atomic mass is 16.1. The lowest BCUT2D eigenvalue weighted by Crippen LogP contribution is -2.25. The van der Waals surface area contributed by atoms with E-state index in [-0.39, 0.29) is 5.92 Å². The van der Waals surface area contributed by atoms with Crippen LogP contribution in [0.2, 0.25) is 0 Å². The Morgan fingerprint density at radius 1 is 1.42 bits per heavy atom. The number of carbonyl (C=O) groups is 1. The van der Waals surface area contributed by atoms with Crippen molar-refractivity contribution in [2.45, 2.75) is 33.6 Å². The van der Waals surface area contributed by atoms with Crippen molar-refractivity contribution >= 4 is 5.78 Å². The highest BCUT2D eigenvalue weighted by Gasteiger charge is 2.26. The topological polar surface area (TPSA) is 17.1 Å². The summed E-state index contributed by atoms with van der Waals surface area (Å²) in [7, 11) is 0. The van der Waals surface area contributed by atoms with E-state index in [0.717, 1.165) is 6.42 Å². The average Bonchev–Trinajstić information content (AvgIpc) is 2.08. The van der Waals surface area contributed by atoms with Gasteiger partial charge < -0.3 is 0 Å². The van der Waals surface area contributed by atoms with Gasteiger partial charge in [-0.2, -0.15) is 0 Å². The van der Waals surface area contributed by atoms with Crippen LogP contribution in [0.4, 0.5) is 0 Å². The van der Waals surface area contributed by atoms with E-state index in [1.807, 2.05) is 6.92 Å². The maximum absolute atomic E-state index is 11.5. The lowest BCUT2D eigenvalue weighted by molar-refractivity contribution is -0.124. The number of rotatable bonds is 2. The van der Waals surface area contributed by atoms with Crippen molar-refractivity contribution in [3.63, 3.8) is 0 Å². The first kappa shape index (κ1) is 9.50. The molecular formula is C11H18O. The molecule has 1 nitrogen and oxygen atoms in total. The predicted octanol–water partition coefficient (Wildman–Crippen LogP) is 2.81. The van der Waals surface area contributed by atoms with Crippen molar-refractivity contribution in [2.24, 2.45) is 17.8 Å². The van der Waals surface area contributed by atoms with Gasteiger partial charge in [0.05, 0.1) is 0 Å². The average molecular weight is 166 g/mol. The Bertz CT molecular complexity index is 193. The lowest BCUT2D eigenvalue weighted by Gasteiger charge is -2.26. The second-order valence-electron chi connectivity index (χ2n) is 3.88. The van der Waals surface area contributed by atoms with E-state index >= 15 is 0 Å². The fraction of sp³-hybridized carbons (Fsp3) is 0.727. The van der Waals surface area contributed by atoms with Crippen LogP contribution in [0, 0.1) is 17.8 Å². The second-order valence-corrected chi connectivity index (χ2v) is 3.88. The fourth-order valence-electron chi connectivity index (χ4n) is 1.88. The summed E-state index contributed by atoms with van der Waals surface area (Å²) >= 11 is 0. The Balaban J connectivity index is 2.65. The fourth-order valence-corrected chi connectivity index (χ4v) is 1.88. The second kappa shape index (κ2) is 3.88. The van der Waals surface area contributed by atoms with E-state index in [1.54, 1.807) is 0 Å². The number of hydrogen-bond acceptors (Lipinski definition) is 1. The molecule has 0 saturated carbocycles. The van der Waals surface area contributed by atoms with Crippen molar-refractivity contribution in [3.8, 4) is 0 Å². The lowest BCUT2D eigenvalue weighted by atomic mass is 9.78. The maximum Gasteiger partial charge on any atom is 0.136 e. The van der Waals surface area contributed by atoms with Crippen molar-refractivity contribution < 1.29 is 4.79 Å². The van der Waals surface area contributed by atoms with Crippen molar-refractivity contribution in [2.75, 3.05) is 0 Å². The van der Waals surface area contributed by atoms with Crippen LogP contribution in [-0.2, 0) is 4.79 Å². The minimum Gasteiger partial charge on any atom is -0.299 e. The van der Waals surface area contributed by atoms with Gasteiger partial charge in [-0.25, -0.2) is 0 Å². The molecule has 0 aliphatic heterocycles. The normalized spacial score (nSPS) is 35.1. The summed E-state index contributed by atoms with van der Waals surface area (Å²) in [6, 6.07) is 0. The van der Waals surface area contributed by atoms with Crippen LogP contribution in [0.5, 0.6) is 0 Å². The zero-order chi connectivity index (χ0) is 9.14. The molecule has 0 aromatic rings. The van der Waals surface area contributed by atoms with Crippen molar-refractivity contribution in [1.82, 2.24) is 0 Å². The van der Waals surface area contributed by atoms with Gasteiger partial charge in [0.1, 0.15) is 5.78 Å². The van der Waals surface area contributed by atoms with Crippen LogP contribution in [0.1, 0.15) is 33.6 Å². The molecule has 0 radical (unpaired) electrons. The van der Waals surface area contributed by atoms with Gasteiger partial charge in [-0.15, -0.1) is 0 Å². The third-order valence-electron chi connectivity index (χ3n) is 2.77. The Morgan fingerprint density at radius 3 is 2.67 bits per heavy atom. The highest BCUT2D eigenvalue weighted by Crippen LogP contribution is 2.29. The predicted molar refractivity (Wildman–Crippen MR) is 50.9 cm³/mol. The monoisotopic (exact) mass is 166 g/mol. The minimum absolute atomic E-state index is 0.287. The molecule has 3 unspecified atom stereocenters. The molecule has 0 fully saturated rings. The Labute approximate surface area is 74.9 Å². The van der Waals surface area contributed by atoms with Gasteiger partial charge in [-0.1, -0.05) is 32.9 Å². The molecule has 0 spiro atoms. The van der Waals surface area contributed by atoms with E-state index in [0.29, 0.717) is 24.0 Å². The Hall–Kier alpha value is -0.590. The maximum atomic E-state index is 11.5. The van der Waals surface area contributed by atoms with Gasteiger partial charge in [0.2, 0.25) is 0 Å². The molecule has 68 valence electrons. The summed E-state index contributed by atoms with van der Waals surface area (Å²) in [5.74, 6) is 1.75. The molecule has 0 heterocycles. The Morgan fingerprint density at radius 2 is 2.08 bits per heavy atom. The molecule has 1 heteroatoms. The molecule has 0 aromatic carbocycles. The van der Waals surface area contributed by atoms with Crippen molar-refractivity contribution in [1.29, 1.82) is 0 Å². The summed E-state index contributed by atoms with van der Waals surface area (Å²) in [4.78, 5) is 11.5. The molecule has 3 atom stereocenters. The van der Waals surface area contributed by atoms with Gasteiger partial charge in [0.15, 0.2) is 0 Å². The summed E-state index contributed by atoms with van der Waals surface area (Å²) in [5.41, 5.74) is 0. The molecule has 12 heavy (non-hydrogen) atoms. The van der Waals surface area contributed by atoms with Crippen LogP contribution in [0.15, 0.2) is 12.2 Å². The molecule has 1 rings (SSSR count). The minimum atomic E-state index is 0.287. The Kier molecular flexibility index (Phi) is 3.07. The third kappa shape index (κ3) is 1.96. The molecule has 1 aliphatic rings. The first-order valence-electron chi connectivity index (χ1n) is 4.86. The summed E-state index contributed by atoms with van der Waals surface area (Å²) < 4.78 is 0. The zero-order valence-corrected chi connectivity index (χ0v) is 8.21. The van der Waals surface area contributed by atoms with Gasteiger partial charge in [0, 0.05) is 12.3 Å².